The highest BCUT2D eigenvalue weighted by Crippen LogP contribution is 2.26. The third kappa shape index (κ3) is 1.54. The summed E-state index contributed by atoms with van der Waals surface area (Å²) >= 11 is 1.61. The van der Waals surface area contributed by atoms with Crippen LogP contribution in [0, 0.1) is 0 Å². The van der Waals surface area contributed by atoms with Crippen LogP contribution in [0.5, 0.6) is 0 Å². The van der Waals surface area contributed by atoms with Gasteiger partial charge in [-0.25, -0.2) is 5.43 Å². The number of nitrogens with zero attached hydrogens (tertiary/aromatic N) is 3. The maximum absolute atomic E-state index is 4.23. The van der Waals surface area contributed by atoms with Gasteiger partial charge in [-0.2, -0.15) is 15.0 Å². The normalized spacial score (nSPS) is 22.4. The van der Waals surface area contributed by atoms with E-state index in [1.54, 1.807) is 11.9 Å². The molecule has 0 amide bonds. The molecule has 0 unspecified atom stereocenters. The van der Waals surface area contributed by atoms with Gasteiger partial charge in [-0.3, -0.25) is 4.68 Å². The average Bonchev–Trinajstić information content (AvgIpc) is 2.92. The van der Waals surface area contributed by atoms with Gasteiger partial charge in [-0.05, 0) is 24.8 Å². The molecule has 1 aromatic heterocycles. The number of hydrazine groups is 2. The van der Waals surface area contributed by atoms with E-state index in [1.807, 2.05) is 23.0 Å². The molecule has 14 heavy (non-hydrogen) atoms. The second kappa shape index (κ2) is 3.23. The fourth-order valence-corrected chi connectivity index (χ4v) is 2.26. The highest BCUT2D eigenvalue weighted by molar-refractivity contribution is 7.97. The van der Waals surface area contributed by atoms with Crippen molar-refractivity contribution in [1.29, 1.82) is 0 Å². The first-order valence-electron chi connectivity index (χ1n) is 4.80. The summed E-state index contributed by atoms with van der Waals surface area (Å²) in [4.78, 5) is 3.25. The molecule has 0 bridgehead atoms. The number of aryl methyl sites for hydroxylation is 1. The van der Waals surface area contributed by atoms with Gasteiger partial charge >= 0.3 is 0 Å². The maximum Gasteiger partial charge on any atom is 0.114 e. The lowest BCUT2D eigenvalue weighted by Gasteiger charge is -2.27. The van der Waals surface area contributed by atoms with E-state index in [9.17, 15) is 0 Å². The van der Waals surface area contributed by atoms with E-state index in [0.717, 1.165) is 6.54 Å². The molecule has 1 fully saturated rings. The molecule has 1 aliphatic carbocycles. The first-order valence-corrected chi connectivity index (χ1v) is 5.61. The minimum absolute atomic E-state index is 0.682. The lowest BCUT2D eigenvalue weighted by Crippen LogP contribution is -2.47. The second-order valence-corrected chi connectivity index (χ2v) is 4.55. The molecule has 1 aromatic rings. The highest BCUT2D eigenvalue weighted by Gasteiger charge is 2.27. The van der Waals surface area contributed by atoms with Gasteiger partial charge < -0.3 is 0 Å². The number of fused-ring (bicyclic) bond motifs is 1. The van der Waals surface area contributed by atoms with Crippen molar-refractivity contribution < 1.29 is 0 Å². The molecule has 0 radical (unpaired) electrons. The summed E-state index contributed by atoms with van der Waals surface area (Å²) in [6.07, 6.45) is 4.52. The molecule has 0 aromatic carbocycles. The van der Waals surface area contributed by atoms with Crippen LogP contribution in [0.1, 0.15) is 18.4 Å². The minimum Gasteiger partial charge on any atom is -0.260 e. The summed E-state index contributed by atoms with van der Waals surface area (Å²) in [6, 6.07) is 0.682. The third-order valence-corrected chi connectivity index (χ3v) is 3.48. The van der Waals surface area contributed by atoms with Crippen molar-refractivity contribution in [3.8, 4) is 0 Å². The van der Waals surface area contributed by atoms with Crippen molar-refractivity contribution in [3.05, 3.63) is 11.8 Å². The van der Waals surface area contributed by atoms with Gasteiger partial charge in [-0.15, -0.1) is 0 Å². The summed E-state index contributed by atoms with van der Waals surface area (Å²) in [5, 5.41) is 7.48. The predicted molar refractivity (Wildman–Crippen MR) is 53.9 cm³/mol. The number of hydrogen-bond donors (Lipinski definition) is 2. The molecular formula is C8H13N5S. The number of aromatic nitrogens is 2. The first kappa shape index (κ1) is 8.72. The SMILES string of the molecule is Cn1ncc2c1SNN(NC1CC1)C2. The molecule has 5 nitrogen and oxygen atoms in total. The van der Waals surface area contributed by atoms with E-state index in [1.165, 1.54) is 23.4 Å². The topological polar surface area (TPSA) is 45.1 Å². The molecular weight excluding hydrogens is 198 g/mol. The smallest absolute Gasteiger partial charge is 0.114 e. The zero-order valence-electron chi connectivity index (χ0n) is 8.03. The zero-order chi connectivity index (χ0) is 9.54. The van der Waals surface area contributed by atoms with Crippen molar-refractivity contribution in [2.75, 3.05) is 0 Å². The quantitative estimate of drug-likeness (QED) is 0.694. The third-order valence-electron chi connectivity index (χ3n) is 2.45. The van der Waals surface area contributed by atoms with E-state index < -0.39 is 0 Å². The molecule has 2 N–H and O–H groups in total. The van der Waals surface area contributed by atoms with E-state index in [-0.39, 0.29) is 0 Å². The second-order valence-electron chi connectivity index (χ2n) is 3.78. The molecule has 6 heteroatoms. The summed E-state index contributed by atoms with van der Waals surface area (Å²) in [6.45, 7) is 0.882. The Hall–Kier alpha value is -0.560. The molecule has 76 valence electrons. The Balaban J connectivity index is 1.72. The summed E-state index contributed by atoms with van der Waals surface area (Å²) < 4.78 is 1.90. The molecule has 3 rings (SSSR count). The molecule has 0 saturated heterocycles. The summed E-state index contributed by atoms with van der Waals surface area (Å²) in [5.41, 5.74) is 4.69. The van der Waals surface area contributed by atoms with Crippen molar-refractivity contribution >= 4 is 11.9 Å². The van der Waals surface area contributed by atoms with Crippen LogP contribution in [-0.2, 0) is 13.6 Å². The zero-order valence-corrected chi connectivity index (χ0v) is 8.84. The molecule has 0 spiro atoms. The molecule has 0 atom stereocenters. The van der Waals surface area contributed by atoms with Gasteiger partial charge in [0.15, 0.2) is 0 Å². The van der Waals surface area contributed by atoms with Gasteiger partial charge in [0.05, 0.1) is 12.7 Å². The predicted octanol–water partition coefficient (Wildman–Crippen LogP) is 0.414. The molecule has 2 aliphatic rings. The number of rotatable bonds is 2. The lowest BCUT2D eigenvalue weighted by molar-refractivity contribution is 0.143. The van der Waals surface area contributed by atoms with Crippen LogP contribution in [0.25, 0.3) is 0 Å². The van der Waals surface area contributed by atoms with E-state index in [2.05, 4.69) is 15.4 Å². The van der Waals surface area contributed by atoms with Crippen LogP contribution >= 0.6 is 11.9 Å². The fraction of sp³-hybridized carbons (Fsp3) is 0.625. The van der Waals surface area contributed by atoms with E-state index in [0.29, 0.717) is 6.04 Å². The van der Waals surface area contributed by atoms with Gasteiger partial charge in [0.25, 0.3) is 0 Å². The molecule has 1 aliphatic heterocycles. The Morgan fingerprint density at radius 2 is 2.50 bits per heavy atom. The number of nitrogens with one attached hydrogen (secondary N) is 2. The first-order chi connectivity index (χ1) is 6.83. The van der Waals surface area contributed by atoms with Gasteiger partial charge in [-0.1, -0.05) is 0 Å². The Labute approximate surface area is 86.9 Å². The Kier molecular flexibility index (Phi) is 2.01. The van der Waals surface area contributed by atoms with Gasteiger partial charge in [0, 0.05) is 18.7 Å². The largest absolute Gasteiger partial charge is 0.260 e. The van der Waals surface area contributed by atoms with Crippen molar-refractivity contribution in [2.45, 2.75) is 30.5 Å². The Morgan fingerprint density at radius 3 is 3.29 bits per heavy atom. The summed E-state index contributed by atoms with van der Waals surface area (Å²) in [7, 11) is 1.97. The minimum atomic E-state index is 0.682. The van der Waals surface area contributed by atoms with Crippen LogP contribution in [-0.4, -0.2) is 20.9 Å². The standard InChI is InChI=1S/C8H13N5S/c1-12-8-6(4-9-12)5-13(11-14-8)10-7-2-3-7/h4,7,10-11H,2-3,5H2,1H3. The van der Waals surface area contributed by atoms with Crippen molar-refractivity contribution in [2.24, 2.45) is 7.05 Å². The fourth-order valence-electron chi connectivity index (χ4n) is 1.52. The molecule has 2 heterocycles. The van der Waals surface area contributed by atoms with E-state index in [4.69, 9.17) is 0 Å². The summed E-state index contributed by atoms with van der Waals surface area (Å²) in [5.74, 6) is 0. The Morgan fingerprint density at radius 1 is 1.64 bits per heavy atom. The maximum atomic E-state index is 4.23. The highest BCUT2D eigenvalue weighted by atomic mass is 32.2. The average molecular weight is 211 g/mol. The number of hydrogen-bond acceptors (Lipinski definition) is 5. The van der Waals surface area contributed by atoms with E-state index >= 15 is 0 Å². The van der Waals surface area contributed by atoms with Crippen LogP contribution < -0.4 is 10.3 Å². The van der Waals surface area contributed by atoms with Crippen LogP contribution in [0.4, 0.5) is 0 Å². The van der Waals surface area contributed by atoms with Gasteiger partial charge in [0.2, 0.25) is 0 Å². The van der Waals surface area contributed by atoms with Crippen LogP contribution in [0.15, 0.2) is 11.2 Å². The monoisotopic (exact) mass is 211 g/mol. The Bertz CT molecular complexity index is 346. The van der Waals surface area contributed by atoms with Crippen LogP contribution in [0.2, 0.25) is 0 Å². The molecule has 1 saturated carbocycles. The lowest BCUT2D eigenvalue weighted by atomic mass is 10.4. The van der Waals surface area contributed by atoms with Crippen molar-refractivity contribution in [1.82, 2.24) is 25.2 Å². The van der Waals surface area contributed by atoms with Crippen LogP contribution in [0.3, 0.4) is 0 Å². The van der Waals surface area contributed by atoms with Crippen molar-refractivity contribution in [3.63, 3.8) is 0 Å². The van der Waals surface area contributed by atoms with Gasteiger partial charge in [0.1, 0.15) is 5.03 Å².